The highest BCUT2D eigenvalue weighted by Gasteiger charge is 2.44. The number of hydrogen-bond donors (Lipinski definition) is 1. The maximum atomic E-state index is 13.1. The van der Waals surface area contributed by atoms with E-state index in [4.69, 9.17) is 9.47 Å². The Morgan fingerprint density at radius 2 is 1.85 bits per heavy atom. The van der Waals surface area contributed by atoms with Gasteiger partial charge in [0.2, 0.25) is 11.8 Å². The van der Waals surface area contributed by atoms with Crippen LogP contribution in [0, 0.1) is 5.92 Å². The number of hydrogen-bond acceptors (Lipinski definition) is 4. The number of nitrogens with one attached hydrogen (secondary N) is 1. The predicted molar refractivity (Wildman–Crippen MR) is 98.6 cm³/mol. The molecule has 1 aromatic rings. The molecule has 6 heteroatoms. The number of amides is 2. The summed E-state index contributed by atoms with van der Waals surface area (Å²) in [5.74, 6) is 1.45. The predicted octanol–water partition coefficient (Wildman–Crippen LogP) is 2.35. The molecule has 0 bridgehead atoms. The summed E-state index contributed by atoms with van der Waals surface area (Å²) in [7, 11) is 0. The largest absolute Gasteiger partial charge is 0.486 e. The minimum atomic E-state index is -0.358. The first-order chi connectivity index (χ1) is 13.1. The Labute approximate surface area is 159 Å². The lowest BCUT2D eigenvalue weighted by molar-refractivity contribution is -0.129. The van der Waals surface area contributed by atoms with Crippen molar-refractivity contribution in [2.24, 2.45) is 5.92 Å². The maximum absolute atomic E-state index is 13.1. The first-order valence-electron chi connectivity index (χ1n) is 10.2. The van der Waals surface area contributed by atoms with Gasteiger partial charge in [-0.25, -0.2) is 0 Å². The molecule has 6 nitrogen and oxygen atoms in total. The average Bonchev–Trinajstić information content (AvgIpc) is 3.29. The highest BCUT2D eigenvalue weighted by atomic mass is 16.6. The van der Waals surface area contributed by atoms with Gasteiger partial charge in [-0.2, -0.15) is 0 Å². The van der Waals surface area contributed by atoms with E-state index >= 15 is 0 Å². The molecule has 2 aliphatic heterocycles. The molecule has 2 heterocycles. The maximum Gasteiger partial charge on any atom is 0.226 e. The van der Waals surface area contributed by atoms with E-state index in [-0.39, 0.29) is 23.3 Å². The number of fused-ring (bicyclic) bond motifs is 1. The van der Waals surface area contributed by atoms with Crippen LogP contribution in [0.3, 0.4) is 0 Å². The highest BCUT2D eigenvalue weighted by Crippen LogP contribution is 2.43. The minimum absolute atomic E-state index is 0.0169. The smallest absolute Gasteiger partial charge is 0.226 e. The Kier molecular flexibility index (Phi) is 4.02. The molecule has 0 spiro atoms. The van der Waals surface area contributed by atoms with Crippen molar-refractivity contribution in [1.29, 1.82) is 0 Å². The molecule has 0 unspecified atom stereocenters. The van der Waals surface area contributed by atoms with Gasteiger partial charge in [0.05, 0.1) is 11.5 Å². The van der Waals surface area contributed by atoms with Gasteiger partial charge in [0.1, 0.15) is 13.2 Å². The number of rotatable bonds is 4. The molecule has 1 N–H and O–H groups in total. The zero-order chi connectivity index (χ0) is 18.4. The second kappa shape index (κ2) is 6.43. The van der Waals surface area contributed by atoms with Crippen LogP contribution in [0.5, 0.6) is 11.5 Å². The van der Waals surface area contributed by atoms with Crippen LogP contribution in [-0.2, 0) is 15.1 Å². The normalized spacial score (nSPS) is 26.3. The number of carbonyl (C=O) groups is 2. The summed E-state index contributed by atoms with van der Waals surface area (Å²) in [6, 6.07) is 6.41. The van der Waals surface area contributed by atoms with E-state index in [1.54, 1.807) is 0 Å². The third-order valence-electron chi connectivity index (χ3n) is 6.43. The average molecular weight is 370 g/mol. The van der Waals surface area contributed by atoms with Gasteiger partial charge in [0.15, 0.2) is 11.5 Å². The third kappa shape index (κ3) is 3.05. The lowest BCUT2D eigenvalue weighted by Gasteiger charge is -2.33. The Morgan fingerprint density at radius 1 is 1.11 bits per heavy atom. The molecule has 2 saturated carbocycles. The molecule has 2 amide bonds. The van der Waals surface area contributed by atoms with Crippen molar-refractivity contribution >= 4 is 11.8 Å². The van der Waals surface area contributed by atoms with Gasteiger partial charge in [0, 0.05) is 19.0 Å². The third-order valence-corrected chi connectivity index (χ3v) is 6.43. The molecule has 0 aromatic heterocycles. The summed E-state index contributed by atoms with van der Waals surface area (Å²) in [6.07, 6.45) is 6.54. The highest BCUT2D eigenvalue weighted by molar-refractivity contribution is 5.90. The van der Waals surface area contributed by atoms with Crippen LogP contribution in [0.4, 0.5) is 0 Å². The second-order valence-electron chi connectivity index (χ2n) is 8.32. The lowest BCUT2D eigenvalue weighted by Crippen LogP contribution is -2.47. The minimum Gasteiger partial charge on any atom is -0.486 e. The molecule has 27 heavy (non-hydrogen) atoms. The van der Waals surface area contributed by atoms with E-state index in [0.29, 0.717) is 32.2 Å². The summed E-state index contributed by atoms with van der Waals surface area (Å²) in [4.78, 5) is 27.2. The summed E-state index contributed by atoms with van der Waals surface area (Å²) in [5, 5.41) is 3.34. The van der Waals surface area contributed by atoms with E-state index in [2.05, 4.69) is 11.4 Å². The van der Waals surface area contributed by atoms with Crippen LogP contribution >= 0.6 is 0 Å². The molecular weight excluding hydrogens is 344 g/mol. The number of nitrogens with zero attached hydrogens (tertiary/aromatic N) is 1. The molecule has 1 aromatic carbocycles. The van der Waals surface area contributed by atoms with Gasteiger partial charge >= 0.3 is 0 Å². The summed E-state index contributed by atoms with van der Waals surface area (Å²) < 4.78 is 11.4. The van der Waals surface area contributed by atoms with E-state index in [9.17, 15) is 9.59 Å². The van der Waals surface area contributed by atoms with Gasteiger partial charge < -0.3 is 19.7 Å². The number of likely N-dealkylation sites (tertiary alicyclic amines) is 1. The first-order valence-corrected chi connectivity index (χ1v) is 10.2. The van der Waals surface area contributed by atoms with E-state index in [0.717, 1.165) is 55.6 Å². The van der Waals surface area contributed by atoms with Gasteiger partial charge in [-0.05, 0) is 43.4 Å². The molecule has 0 radical (unpaired) electrons. The van der Waals surface area contributed by atoms with Crippen LogP contribution in [0.25, 0.3) is 0 Å². The number of ether oxygens (including phenoxy) is 2. The summed E-state index contributed by atoms with van der Waals surface area (Å²) in [5.41, 5.74) is 0.726. The Hall–Kier alpha value is -2.24. The van der Waals surface area contributed by atoms with Gasteiger partial charge in [-0.15, -0.1) is 0 Å². The number of benzene rings is 1. The van der Waals surface area contributed by atoms with E-state index in [1.807, 2.05) is 17.0 Å². The van der Waals surface area contributed by atoms with Crippen LogP contribution in [0.1, 0.15) is 50.5 Å². The van der Waals surface area contributed by atoms with Crippen LogP contribution in [0.2, 0.25) is 0 Å². The van der Waals surface area contributed by atoms with Crippen molar-refractivity contribution in [3.05, 3.63) is 23.8 Å². The van der Waals surface area contributed by atoms with Crippen molar-refractivity contribution in [3.8, 4) is 11.5 Å². The fourth-order valence-corrected chi connectivity index (χ4v) is 4.79. The molecule has 1 atom stereocenters. The van der Waals surface area contributed by atoms with Crippen molar-refractivity contribution in [2.45, 2.75) is 56.5 Å². The van der Waals surface area contributed by atoms with E-state index < -0.39 is 0 Å². The van der Waals surface area contributed by atoms with Crippen LogP contribution in [-0.4, -0.2) is 42.5 Å². The van der Waals surface area contributed by atoms with Crippen molar-refractivity contribution in [1.82, 2.24) is 10.2 Å². The molecule has 144 valence electrons. The molecule has 2 aliphatic carbocycles. The monoisotopic (exact) mass is 370 g/mol. The summed E-state index contributed by atoms with van der Waals surface area (Å²) >= 11 is 0. The zero-order valence-electron chi connectivity index (χ0n) is 15.5. The quantitative estimate of drug-likeness (QED) is 0.883. The molecule has 4 aliphatic rings. The Bertz CT molecular complexity index is 767. The van der Waals surface area contributed by atoms with Crippen LogP contribution < -0.4 is 14.8 Å². The van der Waals surface area contributed by atoms with Crippen molar-refractivity contribution in [2.75, 3.05) is 19.8 Å². The second-order valence-corrected chi connectivity index (χ2v) is 8.32. The molecule has 3 fully saturated rings. The zero-order valence-corrected chi connectivity index (χ0v) is 15.5. The van der Waals surface area contributed by atoms with Gasteiger partial charge in [-0.1, -0.05) is 18.9 Å². The molecular formula is C21H26N2O4. The van der Waals surface area contributed by atoms with Crippen molar-refractivity contribution < 1.29 is 19.1 Å². The SMILES string of the molecule is O=C(NC1(c2ccc3c(c2)OCCO3)CCCC1)[C@@H]1CC(=O)N(C2CC2)C1. The van der Waals surface area contributed by atoms with E-state index in [1.165, 1.54) is 0 Å². The topological polar surface area (TPSA) is 67.9 Å². The first kappa shape index (κ1) is 16.9. The Balaban J connectivity index is 1.36. The fourth-order valence-electron chi connectivity index (χ4n) is 4.79. The molecule has 5 rings (SSSR count). The van der Waals surface area contributed by atoms with Crippen LogP contribution in [0.15, 0.2) is 18.2 Å². The Morgan fingerprint density at radius 3 is 2.59 bits per heavy atom. The number of carbonyl (C=O) groups excluding carboxylic acids is 2. The van der Waals surface area contributed by atoms with Gasteiger partial charge in [0.25, 0.3) is 0 Å². The van der Waals surface area contributed by atoms with Crippen molar-refractivity contribution in [3.63, 3.8) is 0 Å². The summed E-state index contributed by atoms with van der Waals surface area (Å²) in [6.45, 7) is 1.70. The molecule has 1 saturated heterocycles. The fraction of sp³-hybridized carbons (Fsp3) is 0.619. The standard InChI is InChI=1S/C21H26N2O4/c24-19-11-14(13-23(19)16-4-5-16)20(25)22-21(7-1-2-8-21)15-3-6-17-18(12-15)27-10-9-26-17/h3,6,12,14,16H,1-2,4-5,7-11,13H2,(H,22,25)/t14-/m1/s1. The van der Waals surface area contributed by atoms with Gasteiger partial charge in [-0.3, -0.25) is 9.59 Å². The lowest BCUT2D eigenvalue weighted by atomic mass is 9.87.